The van der Waals surface area contributed by atoms with E-state index in [0.717, 1.165) is 12.8 Å². The SMILES string of the molecule is CCCCOC(=O)c1ccc(OC(=O)c2ccc(OC(=O)OC)cc2)cc1. The van der Waals surface area contributed by atoms with E-state index in [1.807, 2.05) is 6.92 Å². The van der Waals surface area contributed by atoms with Crippen LogP contribution in [-0.4, -0.2) is 31.8 Å². The van der Waals surface area contributed by atoms with Gasteiger partial charge in [-0.1, -0.05) is 13.3 Å². The quantitative estimate of drug-likeness (QED) is 0.314. The average Bonchev–Trinajstić information content (AvgIpc) is 2.69. The Morgan fingerprint density at radius 2 is 1.30 bits per heavy atom. The Labute approximate surface area is 156 Å². The van der Waals surface area contributed by atoms with Crippen molar-refractivity contribution in [1.29, 1.82) is 0 Å². The zero-order chi connectivity index (χ0) is 19.6. The first-order chi connectivity index (χ1) is 13.0. The zero-order valence-corrected chi connectivity index (χ0v) is 15.1. The Morgan fingerprint density at radius 1 is 0.778 bits per heavy atom. The van der Waals surface area contributed by atoms with Gasteiger partial charge in [-0.15, -0.1) is 0 Å². The highest BCUT2D eigenvalue weighted by atomic mass is 16.7. The van der Waals surface area contributed by atoms with E-state index >= 15 is 0 Å². The normalized spacial score (nSPS) is 10.0. The Kier molecular flexibility index (Phi) is 7.37. The van der Waals surface area contributed by atoms with Crippen molar-refractivity contribution >= 4 is 18.1 Å². The summed E-state index contributed by atoms with van der Waals surface area (Å²) in [5.74, 6) is -0.468. The Bertz CT molecular complexity index is 779. The van der Waals surface area contributed by atoms with Crippen LogP contribution in [-0.2, 0) is 9.47 Å². The lowest BCUT2D eigenvalue weighted by atomic mass is 10.2. The van der Waals surface area contributed by atoms with E-state index in [9.17, 15) is 14.4 Å². The zero-order valence-electron chi connectivity index (χ0n) is 15.1. The van der Waals surface area contributed by atoms with Crippen LogP contribution in [0.3, 0.4) is 0 Å². The fraction of sp³-hybridized carbons (Fsp3) is 0.250. The monoisotopic (exact) mass is 372 g/mol. The topological polar surface area (TPSA) is 88.1 Å². The number of carbonyl (C=O) groups is 3. The summed E-state index contributed by atoms with van der Waals surface area (Å²) in [7, 11) is 1.20. The highest BCUT2D eigenvalue weighted by molar-refractivity contribution is 5.92. The maximum Gasteiger partial charge on any atom is 0.513 e. The molecule has 0 unspecified atom stereocenters. The van der Waals surface area contributed by atoms with Crippen molar-refractivity contribution in [2.45, 2.75) is 19.8 Å². The van der Waals surface area contributed by atoms with Gasteiger partial charge in [-0.25, -0.2) is 14.4 Å². The Hall–Kier alpha value is -3.35. The molecule has 0 fully saturated rings. The number of methoxy groups -OCH3 is 1. The summed E-state index contributed by atoms with van der Waals surface area (Å²) in [6, 6.07) is 11.9. The van der Waals surface area contributed by atoms with Crippen molar-refractivity contribution in [3.8, 4) is 11.5 Å². The van der Waals surface area contributed by atoms with Crippen LogP contribution in [0.25, 0.3) is 0 Å². The van der Waals surface area contributed by atoms with E-state index in [-0.39, 0.29) is 11.3 Å². The van der Waals surface area contributed by atoms with Gasteiger partial charge < -0.3 is 18.9 Å². The van der Waals surface area contributed by atoms with Gasteiger partial charge in [0.15, 0.2) is 0 Å². The molecule has 0 bridgehead atoms. The van der Waals surface area contributed by atoms with Crippen molar-refractivity contribution in [3.63, 3.8) is 0 Å². The van der Waals surface area contributed by atoms with Crippen LogP contribution in [0.4, 0.5) is 4.79 Å². The third-order valence-corrected chi connectivity index (χ3v) is 3.49. The van der Waals surface area contributed by atoms with Crippen LogP contribution in [0.15, 0.2) is 48.5 Å². The van der Waals surface area contributed by atoms with Gasteiger partial charge >= 0.3 is 18.1 Å². The molecule has 0 saturated heterocycles. The molecule has 0 aliphatic heterocycles. The van der Waals surface area contributed by atoms with E-state index in [1.165, 1.54) is 55.6 Å². The molecule has 0 radical (unpaired) electrons. The molecule has 27 heavy (non-hydrogen) atoms. The molecule has 0 spiro atoms. The highest BCUT2D eigenvalue weighted by Gasteiger charge is 2.12. The predicted molar refractivity (Wildman–Crippen MR) is 96.1 cm³/mol. The van der Waals surface area contributed by atoms with Crippen molar-refractivity contribution in [2.75, 3.05) is 13.7 Å². The minimum atomic E-state index is -0.848. The summed E-state index contributed by atoms with van der Waals surface area (Å²) in [5.41, 5.74) is 0.658. The molecule has 2 rings (SSSR count). The van der Waals surface area contributed by atoms with Crippen LogP contribution >= 0.6 is 0 Å². The first kappa shape index (κ1) is 20.0. The average molecular weight is 372 g/mol. The van der Waals surface area contributed by atoms with Gasteiger partial charge in [0.25, 0.3) is 0 Å². The summed E-state index contributed by atoms with van der Waals surface area (Å²) in [6.45, 7) is 2.39. The number of carbonyl (C=O) groups excluding carboxylic acids is 3. The molecule has 0 aliphatic carbocycles. The van der Waals surface area contributed by atoms with Crippen LogP contribution < -0.4 is 9.47 Å². The fourth-order valence-corrected chi connectivity index (χ4v) is 2.01. The summed E-state index contributed by atoms with van der Waals surface area (Å²) in [4.78, 5) is 35.0. The molecule has 0 amide bonds. The summed E-state index contributed by atoms with van der Waals surface area (Å²) in [6.07, 6.45) is 0.904. The lowest BCUT2D eigenvalue weighted by Gasteiger charge is -2.07. The van der Waals surface area contributed by atoms with E-state index in [2.05, 4.69) is 4.74 Å². The second kappa shape index (κ2) is 9.96. The molecule has 7 nitrogen and oxygen atoms in total. The molecular formula is C20H20O7. The lowest BCUT2D eigenvalue weighted by molar-refractivity contribution is 0.0499. The van der Waals surface area contributed by atoms with Gasteiger partial charge in [0.2, 0.25) is 0 Å². The third kappa shape index (κ3) is 6.14. The van der Waals surface area contributed by atoms with E-state index in [4.69, 9.17) is 14.2 Å². The number of benzene rings is 2. The Morgan fingerprint density at radius 3 is 1.81 bits per heavy atom. The molecule has 0 N–H and O–H groups in total. The van der Waals surface area contributed by atoms with Gasteiger partial charge in [-0.2, -0.15) is 0 Å². The van der Waals surface area contributed by atoms with Crippen LogP contribution in [0.1, 0.15) is 40.5 Å². The molecule has 0 heterocycles. The maximum atomic E-state index is 12.2. The smallest absolute Gasteiger partial charge is 0.462 e. The third-order valence-electron chi connectivity index (χ3n) is 3.49. The molecule has 0 aromatic heterocycles. The van der Waals surface area contributed by atoms with Gasteiger partial charge in [0, 0.05) is 0 Å². The van der Waals surface area contributed by atoms with Crippen molar-refractivity contribution in [2.24, 2.45) is 0 Å². The van der Waals surface area contributed by atoms with Gasteiger partial charge in [0.05, 0.1) is 24.8 Å². The Balaban J connectivity index is 1.93. The van der Waals surface area contributed by atoms with Crippen LogP contribution in [0, 0.1) is 0 Å². The van der Waals surface area contributed by atoms with Gasteiger partial charge in [-0.3, -0.25) is 0 Å². The molecule has 0 aliphatic rings. The van der Waals surface area contributed by atoms with E-state index < -0.39 is 18.1 Å². The number of rotatable bonds is 7. The molecule has 142 valence electrons. The summed E-state index contributed by atoms with van der Waals surface area (Å²) in [5, 5.41) is 0. The molecule has 2 aromatic carbocycles. The molecular weight excluding hydrogens is 352 g/mol. The van der Waals surface area contributed by atoms with Crippen LogP contribution in [0.2, 0.25) is 0 Å². The second-order valence-corrected chi connectivity index (χ2v) is 5.48. The first-order valence-corrected chi connectivity index (χ1v) is 8.38. The van der Waals surface area contributed by atoms with Crippen molar-refractivity contribution < 1.29 is 33.3 Å². The fourth-order valence-electron chi connectivity index (χ4n) is 2.01. The largest absolute Gasteiger partial charge is 0.513 e. The van der Waals surface area contributed by atoms with Crippen molar-refractivity contribution in [1.82, 2.24) is 0 Å². The molecule has 2 aromatic rings. The number of hydrogen-bond donors (Lipinski definition) is 0. The summed E-state index contributed by atoms with van der Waals surface area (Å²) >= 11 is 0. The minimum Gasteiger partial charge on any atom is -0.462 e. The van der Waals surface area contributed by atoms with Crippen LogP contribution in [0.5, 0.6) is 11.5 Å². The maximum absolute atomic E-state index is 12.2. The summed E-state index contributed by atoms with van der Waals surface area (Å²) < 4.78 is 19.6. The first-order valence-electron chi connectivity index (χ1n) is 8.38. The standard InChI is InChI=1S/C20H20O7/c1-3-4-13-25-18(21)14-5-9-16(10-6-14)26-19(22)15-7-11-17(12-8-15)27-20(23)24-2/h5-12H,3-4,13H2,1-2H3. The predicted octanol–water partition coefficient (Wildman–Crippen LogP) is 4.01. The van der Waals surface area contributed by atoms with Gasteiger partial charge in [-0.05, 0) is 55.0 Å². The van der Waals surface area contributed by atoms with E-state index in [1.54, 1.807) is 0 Å². The number of hydrogen-bond acceptors (Lipinski definition) is 7. The molecule has 0 saturated carbocycles. The lowest BCUT2D eigenvalue weighted by Crippen LogP contribution is -2.10. The molecule has 0 atom stereocenters. The van der Waals surface area contributed by atoms with E-state index in [0.29, 0.717) is 17.9 Å². The minimum absolute atomic E-state index is 0.240. The number of esters is 2. The number of unbranched alkanes of at least 4 members (excludes halogenated alkanes) is 1. The highest BCUT2D eigenvalue weighted by Crippen LogP contribution is 2.17. The van der Waals surface area contributed by atoms with Gasteiger partial charge in [0.1, 0.15) is 11.5 Å². The molecule has 7 heteroatoms. The van der Waals surface area contributed by atoms with Crippen molar-refractivity contribution in [3.05, 3.63) is 59.7 Å². The second-order valence-electron chi connectivity index (χ2n) is 5.48. The number of ether oxygens (including phenoxy) is 4.